The molecule has 0 atom stereocenters. The van der Waals surface area contributed by atoms with Crippen LogP contribution in [0.4, 0.5) is 13.2 Å². The monoisotopic (exact) mass is 269 g/mol. The molecule has 0 bridgehead atoms. The van der Waals surface area contributed by atoms with Crippen molar-refractivity contribution in [1.29, 1.82) is 0 Å². The zero-order valence-corrected chi connectivity index (χ0v) is 9.79. The number of halogens is 3. The lowest BCUT2D eigenvalue weighted by molar-refractivity contribution is 0.229. The highest BCUT2D eigenvalue weighted by molar-refractivity contribution is 5.53. The molecule has 4 nitrogen and oxygen atoms in total. The lowest BCUT2D eigenvalue weighted by Gasteiger charge is -2.34. The minimum Gasteiger partial charge on any atom is -0.334 e. The van der Waals surface area contributed by atoms with E-state index in [-0.39, 0.29) is 11.5 Å². The quantitative estimate of drug-likeness (QED) is 0.851. The zero-order chi connectivity index (χ0) is 13.6. The molecule has 1 fully saturated rings. The topological polar surface area (TPSA) is 64.9 Å². The van der Waals surface area contributed by atoms with Crippen molar-refractivity contribution in [3.05, 3.63) is 35.4 Å². The van der Waals surface area contributed by atoms with E-state index in [1.807, 2.05) is 0 Å². The first-order chi connectivity index (χ1) is 8.99. The maximum atomic E-state index is 13.1. The Labute approximate surface area is 106 Å². The van der Waals surface area contributed by atoms with Gasteiger partial charge in [-0.1, -0.05) is 5.16 Å². The van der Waals surface area contributed by atoms with Gasteiger partial charge in [0.25, 0.3) is 5.89 Å². The Morgan fingerprint density at radius 3 is 2.32 bits per heavy atom. The molecule has 1 aromatic carbocycles. The minimum absolute atomic E-state index is 0.0157. The lowest BCUT2D eigenvalue weighted by Crippen LogP contribution is -2.44. The summed E-state index contributed by atoms with van der Waals surface area (Å²) in [6.45, 7) is 0. The molecule has 3 rings (SSSR count). The van der Waals surface area contributed by atoms with Crippen LogP contribution in [0.1, 0.15) is 25.1 Å². The van der Waals surface area contributed by atoms with Crippen LogP contribution in [0, 0.1) is 17.5 Å². The molecule has 0 amide bonds. The van der Waals surface area contributed by atoms with Crippen molar-refractivity contribution < 1.29 is 17.7 Å². The molecule has 0 aliphatic heterocycles. The van der Waals surface area contributed by atoms with Gasteiger partial charge in [-0.15, -0.1) is 0 Å². The molecular formula is C12H10F3N3O. The zero-order valence-electron chi connectivity index (χ0n) is 9.79. The first-order valence-corrected chi connectivity index (χ1v) is 5.77. The molecule has 1 aliphatic carbocycles. The van der Waals surface area contributed by atoms with Crippen molar-refractivity contribution in [2.24, 2.45) is 5.73 Å². The van der Waals surface area contributed by atoms with Gasteiger partial charge in [-0.2, -0.15) is 4.98 Å². The van der Waals surface area contributed by atoms with Gasteiger partial charge in [0.2, 0.25) is 0 Å². The minimum atomic E-state index is -1.53. The van der Waals surface area contributed by atoms with Crippen molar-refractivity contribution >= 4 is 0 Å². The molecule has 1 heterocycles. The number of rotatable bonds is 2. The molecule has 0 radical (unpaired) electrons. The molecule has 1 aromatic heterocycles. The summed E-state index contributed by atoms with van der Waals surface area (Å²) in [5.41, 5.74) is 5.36. The summed E-state index contributed by atoms with van der Waals surface area (Å²) in [6, 6.07) is 1.61. The standard InChI is InChI=1S/C12H10F3N3O/c13-7-4-6(5-8(14)9(7)15)10-17-11(18-19-10)12(16)2-1-3-12/h4-5H,1-3,16H2. The van der Waals surface area contributed by atoms with Crippen LogP contribution in [0.3, 0.4) is 0 Å². The Morgan fingerprint density at radius 1 is 1.16 bits per heavy atom. The van der Waals surface area contributed by atoms with Crippen LogP contribution in [-0.2, 0) is 5.54 Å². The van der Waals surface area contributed by atoms with E-state index in [9.17, 15) is 13.2 Å². The van der Waals surface area contributed by atoms with Crippen LogP contribution in [0.25, 0.3) is 11.5 Å². The maximum Gasteiger partial charge on any atom is 0.258 e. The second kappa shape index (κ2) is 4.06. The second-order valence-electron chi connectivity index (χ2n) is 4.69. The Bertz CT molecular complexity index is 614. The van der Waals surface area contributed by atoms with Crippen molar-refractivity contribution in [3.8, 4) is 11.5 Å². The summed E-state index contributed by atoms with van der Waals surface area (Å²) in [6.07, 6.45) is 2.44. The number of benzene rings is 1. The van der Waals surface area contributed by atoms with Crippen molar-refractivity contribution in [1.82, 2.24) is 10.1 Å². The summed E-state index contributed by atoms with van der Waals surface area (Å²) >= 11 is 0. The number of nitrogens with zero attached hydrogens (tertiary/aromatic N) is 2. The van der Waals surface area contributed by atoms with E-state index in [1.54, 1.807) is 0 Å². The van der Waals surface area contributed by atoms with Crippen LogP contribution in [-0.4, -0.2) is 10.1 Å². The number of nitrogens with two attached hydrogens (primary N) is 1. The Hall–Kier alpha value is -1.89. The predicted octanol–water partition coefficient (Wildman–Crippen LogP) is 2.49. The largest absolute Gasteiger partial charge is 0.334 e. The van der Waals surface area contributed by atoms with E-state index < -0.39 is 23.0 Å². The normalized spacial score (nSPS) is 17.3. The molecule has 2 N–H and O–H groups in total. The smallest absolute Gasteiger partial charge is 0.258 e. The summed E-state index contributed by atoms with van der Waals surface area (Å²) < 4.78 is 44.0. The Kier molecular flexibility index (Phi) is 2.60. The number of aromatic nitrogens is 2. The van der Waals surface area contributed by atoms with E-state index >= 15 is 0 Å². The maximum absolute atomic E-state index is 13.1. The van der Waals surface area contributed by atoms with Gasteiger partial charge in [-0.3, -0.25) is 0 Å². The van der Waals surface area contributed by atoms with E-state index in [2.05, 4.69) is 10.1 Å². The highest BCUT2D eigenvalue weighted by Gasteiger charge is 2.39. The van der Waals surface area contributed by atoms with Crippen LogP contribution < -0.4 is 5.73 Å². The molecule has 7 heteroatoms. The average molecular weight is 269 g/mol. The van der Waals surface area contributed by atoms with Gasteiger partial charge in [0, 0.05) is 5.56 Å². The molecule has 100 valence electrons. The van der Waals surface area contributed by atoms with Gasteiger partial charge in [0.1, 0.15) is 0 Å². The van der Waals surface area contributed by atoms with Crippen LogP contribution in [0.5, 0.6) is 0 Å². The SMILES string of the molecule is NC1(c2noc(-c3cc(F)c(F)c(F)c3)n2)CCC1. The predicted molar refractivity (Wildman–Crippen MR) is 59.3 cm³/mol. The fraction of sp³-hybridized carbons (Fsp3) is 0.333. The molecule has 1 aliphatic rings. The van der Waals surface area contributed by atoms with Gasteiger partial charge in [-0.25, -0.2) is 13.2 Å². The lowest BCUT2D eigenvalue weighted by atomic mass is 9.77. The Balaban J connectivity index is 1.99. The summed E-state index contributed by atoms with van der Waals surface area (Å²) in [5.74, 6) is -3.91. The summed E-state index contributed by atoms with van der Waals surface area (Å²) in [5, 5.41) is 3.72. The third-order valence-electron chi connectivity index (χ3n) is 3.35. The second-order valence-corrected chi connectivity index (χ2v) is 4.69. The molecule has 0 spiro atoms. The summed E-state index contributed by atoms with van der Waals surface area (Å²) in [7, 11) is 0. The summed E-state index contributed by atoms with van der Waals surface area (Å²) in [4.78, 5) is 4.03. The first kappa shape index (κ1) is 12.2. The van der Waals surface area contributed by atoms with Gasteiger partial charge in [0.05, 0.1) is 5.54 Å². The van der Waals surface area contributed by atoms with E-state index in [0.29, 0.717) is 5.82 Å². The molecule has 0 unspecified atom stereocenters. The molecular weight excluding hydrogens is 259 g/mol. The fourth-order valence-corrected chi connectivity index (χ4v) is 2.00. The first-order valence-electron chi connectivity index (χ1n) is 5.77. The van der Waals surface area contributed by atoms with Gasteiger partial charge < -0.3 is 10.3 Å². The molecule has 2 aromatic rings. The Morgan fingerprint density at radius 2 is 1.79 bits per heavy atom. The van der Waals surface area contributed by atoms with Crippen LogP contribution >= 0.6 is 0 Å². The molecule has 1 saturated carbocycles. The van der Waals surface area contributed by atoms with Crippen molar-refractivity contribution in [3.63, 3.8) is 0 Å². The van der Waals surface area contributed by atoms with E-state index in [4.69, 9.17) is 10.3 Å². The highest BCUT2D eigenvalue weighted by Crippen LogP contribution is 2.37. The van der Waals surface area contributed by atoms with E-state index in [0.717, 1.165) is 31.4 Å². The molecule has 19 heavy (non-hydrogen) atoms. The highest BCUT2D eigenvalue weighted by atomic mass is 19.2. The van der Waals surface area contributed by atoms with Crippen LogP contribution in [0.2, 0.25) is 0 Å². The average Bonchev–Trinajstić information content (AvgIpc) is 2.82. The van der Waals surface area contributed by atoms with E-state index in [1.165, 1.54) is 0 Å². The fourth-order valence-electron chi connectivity index (χ4n) is 2.00. The third-order valence-corrected chi connectivity index (χ3v) is 3.35. The van der Waals surface area contributed by atoms with Gasteiger partial charge in [-0.05, 0) is 31.4 Å². The van der Waals surface area contributed by atoms with Gasteiger partial charge >= 0.3 is 0 Å². The number of hydrogen-bond acceptors (Lipinski definition) is 4. The molecule has 0 saturated heterocycles. The van der Waals surface area contributed by atoms with Crippen molar-refractivity contribution in [2.45, 2.75) is 24.8 Å². The van der Waals surface area contributed by atoms with Gasteiger partial charge in [0.15, 0.2) is 23.3 Å². The van der Waals surface area contributed by atoms with Crippen LogP contribution in [0.15, 0.2) is 16.7 Å². The van der Waals surface area contributed by atoms with Crippen molar-refractivity contribution in [2.75, 3.05) is 0 Å². The number of hydrogen-bond donors (Lipinski definition) is 1. The third kappa shape index (κ3) is 1.90.